The number of nitrogens with one attached hydrogen (secondary N) is 2. The molecule has 0 spiro atoms. The zero-order valence-corrected chi connectivity index (χ0v) is 16.4. The molecule has 0 radical (unpaired) electrons. The number of H-pyrrole nitrogens is 1. The molecular weight excluding hydrogens is 388 g/mol. The SMILES string of the molecule is CCOc1ccccc1-n1c(O)c(C=Nc2ccc(NC(C)=O)cc2)c(=O)[nH]c1=O. The number of para-hydroxylation sites is 2. The summed E-state index contributed by atoms with van der Waals surface area (Å²) >= 11 is 0. The molecule has 0 bridgehead atoms. The molecule has 9 nitrogen and oxygen atoms in total. The maximum Gasteiger partial charge on any atom is 0.335 e. The number of nitrogens with zero attached hydrogens (tertiary/aromatic N) is 2. The third-order valence-corrected chi connectivity index (χ3v) is 4.06. The Balaban J connectivity index is 2.02. The molecular formula is C21H20N4O5. The van der Waals surface area contributed by atoms with Gasteiger partial charge >= 0.3 is 5.69 Å². The number of anilines is 1. The fourth-order valence-corrected chi connectivity index (χ4v) is 2.77. The predicted molar refractivity (Wildman–Crippen MR) is 113 cm³/mol. The fraction of sp³-hybridized carbons (Fsp3) is 0.143. The Morgan fingerprint density at radius 3 is 2.57 bits per heavy atom. The number of hydrogen-bond donors (Lipinski definition) is 3. The standard InChI is InChI=1S/C21H20N4O5/c1-3-30-18-7-5-4-6-17(18)25-20(28)16(19(27)24-21(25)29)12-22-14-8-10-15(11-9-14)23-13(2)26/h4-12,28H,3H2,1-2H3,(H,23,26)(H,24,27,29). The van der Waals surface area contributed by atoms with Crippen LogP contribution in [0.2, 0.25) is 0 Å². The molecule has 0 saturated heterocycles. The number of aromatic amines is 1. The van der Waals surface area contributed by atoms with Crippen molar-refractivity contribution in [2.45, 2.75) is 13.8 Å². The van der Waals surface area contributed by atoms with Gasteiger partial charge in [0, 0.05) is 18.8 Å². The number of ether oxygens (including phenoxy) is 1. The molecule has 3 rings (SSSR count). The molecule has 9 heteroatoms. The van der Waals surface area contributed by atoms with E-state index >= 15 is 0 Å². The van der Waals surface area contributed by atoms with Crippen LogP contribution in [0.1, 0.15) is 19.4 Å². The average molecular weight is 408 g/mol. The summed E-state index contributed by atoms with van der Waals surface area (Å²) < 4.78 is 6.47. The van der Waals surface area contributed by atoms with Crippen LogP contribution in [0.5, 0.6) is 11.6 Å². The van der Waals surface area contributed by atoms with Gasteiger partial charge in [-0.1, -0.05) is 12.1 Å². The van der Waals surface area contributed by atoms with Crippen molar-refractivity contribution in [1.82, 2.24) is 9.55 Å². The molecule has 3 N–H and O–H groups in total. The van der Waals surface area contributed by atoms with E-state index in [1.54, 1.807) is 55.5 Å². The van der Waals surface area contributed by atoms with Crippen LogP contribution < -0.4 is 21.3 Å². The van der Waals surface area contributed by atoms with Crippen LogP contribution in [0.25, 0.3) is 5.69 Å². The van der Waals surface area contributed by atoms with Crippen LogP contribution >= 0.6 is 0 Å². The van der Waals surface area contributed by atoms with Crippen molar-refractivity contribution >= 4 is 23.5 Å². The van der Waals surface area contributed by atoms with Gasteiger partial charge in [-0.15, -0.1) is 0 Å². The highest BCUT2D eigenvalue weighted by atomic mass is 16.5. The summed E-state index contributed by atoms with van der Waals surface area (Å²) in [6, 6.07) is 13.2. The fourth-order valence-electron chi connectivity index (χ4n) is 2.77. The summed E-state index contributed by atoms with van der Waals surface area (Å²) in [6.45, 7) is 3.56. The van der Waals surface area contributed by atoms with Gasteiger partial charge in [-0.3, -0.25) is 19.6 Å². The second-order valence-corrected chi connectivity index (χ2v) is 6.22. The highest BCUT2D eigenvalue weighted by Crippen LogP contribution is 2.25. The zero-order chi connectivity index (χ0) is 21.7. The molecule has 0 saturated carbocycles. The van der Waals surface area contributed by atoms with E-state index < -0.39 is 17.1 Å². The second-order valence-electron chi connectivity index (χ2n) is 6.22. The number of rotatable bonds is 6. The van der Waals surface area contributed by atoms with Gasteiger partial charge in [-0.25, -0.2) is 9.36 Å². The van der Waals surface area contributed by atoms with Crippen molar-refractivity contribution < 1.29 is 14.6 Å². The summed E-state index contributed by atoms with van der Waals surface area (Å²) in [5, 5.41) is 13.3. The molecule has 0 aliphatic carbocycles. The number of carbonyl (C=O) groups excluding carboxylic acids is 1. The lowest BCUT2D eigenvalue weighted by molar-refractivity contribution is -0.114. The Morgan fingerprint density at radius 1 is 1.20 bits per heavy atom. The minimum absolute atomic E-state index is 0.188. The van der Waals surface area contributed by atoms with E-state index in [4.69, 9.17) is 4.74 Å². The van der Waals surface area contributed by atoms with Crippen LogP contribution in [-0.4, -0.2) is 33.4 Å². The Morgan fingerprint density at radius 2 is 1.90 bits per heavy atom. The van der Waals surface area contributed by atoms with Crippen LogP contribution in [0.4, 0.5) is 11.4 Å². The van der Waals surface area contributed by atoms with E-state index in [2.05, 4.69) is 15.3 Å². The molecule has 0 fully saturated rings. The van der Waals surface area contributed by atoms with Crippen molar-refractivity contribution in [1.29, 1.82) is 0 Å². The van der Waals surface area contributed by atoms with Gasteiger partial charge in [0.05, 0.1) is 18.0 Å². The van der Waals surface area contributed by atoms with E-state index in [9.17, 15) is 19.5 Å². The van der Waals surface area contributed by atoms with Crippen LogP contribution in [0.3, 0.4) is 0 Å². The van der Waals surface area contributed by atoms with E-state index in [0.717, 1.165) is 4.57 Å². The highest BCUT2D eigenvalue weighted by molar-refractivity contribution is 5.89. The van der Waals surface area contributed by atoms with E-state index in [1.807, 2.05) is 0 Å². The van der Waals surface area contributed by atoms with Gasteiger partial charge in [-0.2, -0.15) is 0 Å². The minimum atomic E-state index is -0.804. The first-order valence-electron chi connectivity index (χ1n) is 9.13. The third-order valence-electron chi connectivity index (χ3n) is 4.06. The molecule has 154 valence electrons. The Kier molecular flexibility index (Phi) is 6.11. The van der Waals surface area contributed by atoms with Crippen molar-refractivity contribution in [3.05, 3.63) is 74.9 Å². The first kappa shape index (κ1) is 20.6. The Labute approximate surface area is 171 Å². The van der Waals surface area contributed by atoms with Gasteiger partial charge in [0.15, 0.2) is 0 Å². The van der Waals surface area contributed by atoms with Gasteiger partial charge in [-0.05, 0) is 43.3 Å². The molecule has 0 aliphatic rings. The molecule has 30 heavy (non-hydrogen) atoms. The molecule has 2 aromatic carbocycles. The maximum atomic E-state index is 12.4. The lowest BCUT2D eigenvalue weighted by atomic mass is 10.2. The first-order valence-corrected chi connectivity index (χ1v) is 9.13. The van der Waals surface area contributed by atoms with Gasteiger partial charge in [0.25, 0.3) is 5.56 Å². The van der Waals surface area contributed by atoms with Crippen LogP contribution in [0.15, 0.2) is 63.1 Å². The van der Waals surface area contributed by atoms with Gasteiger partial charge in [0.2, 0.25) is 11.8 Å². The number of carbonyl (C=O) groups is 1. The summed E-state index contributed by atoms with van der Waals surface area (Å²) in [5.74, 6) is -0.382. The number of aliphatic imine (C=N–C) groups is 1. The summed E-state index contributed by atoms with van der Waals surface area (Å²) in [5.41, 5.74) is -0.402. The lowest BCUT2D eigenvalue weighted by Crippen LogP contribution is -2.31. The number of aromatic nitrogens is 2. The van der Waals surface area contributed by atoms with Crippen molar-refractivity contribution in [2.75, 3.05) is 11.9 Å². The van der Waals surface area contributed by atoms with Crippen LogP contribution in [0, 0.1) is 0 Å². The summed E-state index contributed by atoms with van der Waals surface area (Å²) in [4.78, 5) is 42.1. The van der Waals surface area contributed by atoms with E-state index in [1.165, 1.54) is 13.1 Å². The normalized spacial score (nSPS) is 10.9. The monoisotopic (exact) mass is 408 g/mol. The maximum absolute atomic E-state index is 12.4. The van der Waals surface area contributed by atoms with Crippen molar-refractivity contribution in [2.24, 2.45) is 4.99 Å². The largest absolute Gasteiger partial charge is 0.493 e. The number of hydrogen-bond acceptors (Lipinski definition) is 6. The minimum Gasteiger partial charge on any atom is -0.493 e. The van der Waals surface area contributed by atoms with Crippen molar-refractivity contribution in [3.63, 3.8) is 0 Å². The number of aromatic hydroxyl groups is 1. The smallest absolute Gasteiger partial charge is 0.335 e. The van der Waals surface area contributed by atoms with Gasteiger partial charge in [0.1, 0.15) is 11.3 Å². The van der Waals surface area contributed by atoms with Crippen molar-refractivity contribution in [3.8, 4) is 17.3 Å². The lowest BCUT2D eigenvalue weighted by Gasteiger charge is -2.13. The Hall–Kier alpha value is -4.14. The quantitative estimate of drug-likeness (QED) is 0.540. The number of amides is 1. The second kappa shape index (κ2) is 8.91. The summed E-state index contributed by atoms with van der Waals surface area (Å²) in [6.07, 6.45) is 1.17. The molecule has 1 amide bonds. The Bertz CT molecular complexity index is 1210. The molecule has 0 unspecified atom stereocenters. The van der Waals surface area contributed by atoms with E-state index in [-0.39, 0.29) is 17.2 Å². The molecule has 1 heterocycles. The third kappa shape index (κ3) is 4.46. The summed E-state index contributed by atoms with van der Waals surface area (Å²) in [7, 11) is 0. The highest BCUT2D eigenvalue weighted by Gasteiger charge is 2.17. The molecule has 0 aliphatic heterocycles. The van der Waals surface area contributed by atoms with E-state index in [0.29, 0.717) is 23.7 Å². The number of benzene rings is 2. The molecule has 0 atom stereocenters. The van der Waals surface area contributed by atoms with Crippen LogP contribution in [-0.2, 0) is 4.79 Å². The predicted octanol–water partition coefficient (Wildman–Crippen LogP) is 2.34. The first-order chi connectivity index (χ1) is 14.4. The molecule has 3 aromatic rings. The average Bonchev–Trinajstić information content (AvgIpc) is 2.70. The topological polar surface area (TPSA) is 126 Å². The zero-order valence-electron chi connectivity index (χ0n) is 16.4. The van der Waals surface area contributed by atoms with Gasteiger partial charge < -0.3 is 15.2 Å². The molecule has 1 aromatic heterocycles.